The van der Waals surface area contributed by atoms with Crippen LogP contribution in [0.1, 0.15) is 42.9 Å². The Morgan fingerprint density at radius 2 is 1.44 bits per heavy atom. The summed E-state index contributed by atoms with van der Waals surface area (Å²) in [7, 11) is -3.88. The molecular formula is C20H22O4S. The molecule has 1 fully saturated rings. The molecule has 0 amide bonds. The number of rotatable bonds is 5. The first-order valence-corrected chi connectivity index (χ1v) is 10.2. The summed E-state index contributed by atoms with van der Waals surface area (Å²) in [6.45, 7) is 0. The van der Waals surface area contributed by atoms with Gasteiger partial charge in [0.05, 0.1) is 4.90 Å². The smallest absolute Gasteiger partial charge is 0.329 e. The van der Waals surface area contributed by atoms with Crippen LogP contribution in [0, 0.1) is 0 Å². The summed E-state index contributed by atoms with van der Waals surface area (Å²) < 4.78 is 31.8. The molecule has 2 aromatic carbocycles. The van der Waals surface area contributed by atoms with E-state index >= 15 is 0 Å². The molecule has 1 atom stereocenters. The van der Waals surface area contributed by atoms with E-state index in [-0.39, 0.29) is 11.0 Å². The van der Waals surface area contributed by atoms with Crippen LogP contribution in [0.25, 0.3) is 0 Å². The number of benzene rings is 2. The normalized spacial score (nSPS) is 17.0. The molecule has 4 nitrogen and oxygen atoms in total. The van der Waals surface area contributed by atoms with Gasteiger partial charge in [-0.05, 0) is 43.4 Å². The van der Waals surface area contributed by atoms with Crippen LogP contribution in [0.5, 0.6) is 0 Å². The molecule has 0 spiro atoms. The Bertz CT molecular complexity index is 794. The monoisotopic (exact) mass is 358 g/mol. The van der Waals surface area contributed by atoms with Gasteiger partial charge in [0.15, 0.2) is 15.1 Å². The van der Waals surface area contributed by atoms with Crippen molar-refractivity contribution in [1.82, 2.24) is 0 Å². The Morgan fingerprint density at radius 1 is 0.880 bits per heavy atom. The van der Waals surface area contributed by atoms with Crippen LogP contribution < -0.4 is 0 Å². The summed E-state index contributed by atoms with van der Waals surface area (Å²) in [5, 5.41) is -1.34. The molecule has 0 radical (unpaired) electrons. The van der Waals surface area contributed by atoms with Crippen molar-refractivity contribution in [2.24, 2.45) is 0 Å². The van der Waals surface area contributed by atoms with Gasteiger partial charge in [-0.25, -0.2) is 8.42 Å². The van der Waals surface area contributed by atoms with Crippen LogP contribution in [-0.4, -0.2) is 20.5 Å². The van der Waals surface area contributed by atoms with E-state index in [4.69, 9.17) is 4.74 Å². The van der Waals surface area contributed by atoms with Crippen molar-refractivity contribution >= 4 is 15.8 Å². The van der Waals surface area contributed by atoms with Crippen LogP contribution in [-0.2, 0) is 19.4 Å². The van der Waals surface area contributed by atoms with Crippen molar-refractivity contribution in [3.63, 3.8) is 0 Å². The molecule has 3 rings (SSSR count). The summed E-state index contributed by atoms with van der Waals surface area (Å²) in [6.07, 6.45) is 4.59. The lowest BCUT2D eigenvalue weighted by Crippen LogP contribution is -2.29. The molecule has 0 saturated heterocycles. The second-order valence-corrected chi connectivity index (χ2v) is 8.38. The highest BCUT2D eigenvalue weighted by Crippen LogP contribution is 2.32. The van der Waals surface area contributed by atoms with Crippen molar-refractivity contribution < 1.29 is 17.9 Å². The van der Waals surface area contributed by atoms with E-state index in [1.807, 2.05) is 0 Å². The second kappa shape index (κ2) is 7.83. The predicted molar refractivity (Wildman–Crippen MR) is 95.8 cm³/mol. The fraction of sp³-hybridized carbons (Fsp3) is 0.350. The fourth-order valence-electron chi connectivity index (χ4n) is 3.23. The lowest BCUT2D eigenvalue weighted by atomic mass is 9.98. The summed E-state index contributed by atoms with van der Waals surface area (Å²) in [5.41, 5.74) is 0.437. The highest BCUT2D eigenvalue weighted by molar-refractivity contribution is 7.92. The van der Waals surface area contributed by atoms with E-state index in [9.17, 15) is 13.2 Å². The van der Waals surface area contributed by atoms with Gasteiger partial charge in [0, 0.05) is 0 Å². The number of hydrogen-bond donors (Lipinski definition) is 0. The fourth-order valence-corrected chi connectivity index (χ4v) is 4.86. The zero-order valence-corrected chi connectivity index (χ0v) is 14.8. The van der Waals surface area contributed by atoms with Crippen LogP contribution in [0.3, 0.4) is 0 Å². The third-order valence-electron chi connectivity index (χ3n) is 4.53. The maximum Gasteiger partial charge on any atom is 0.329 e. The molecule has 0 heterocycles. The SMILES string of the molecule is O=C(OC1CCCCC1)C(c1ccccc1)S(=O)(=O)c1ccccc1. The summed E-state index contributed by atoms with van der Waals surface area (Å²) >= 11 is 0. The maximum absolute atomic E-state index is 13.1. The topological polar surface area (TPSA) is 60.4 Å². The highest BCUT2D eigenvalue weighted by atomic mass is 32.2. The molecule has 2 aromatic rings. The average Bonchev–Trinajstić information content (AvgIpc) is 2.64. The molecule has 0 N–H and O–H groups in total. The van der Waals surface area contributed by atoms with Crippen LogP contribution >= 0.6 is 0 Å². The molecular weight excluding hydrogens is 336 g/mol. The van der Waals surface area contributed by atoms with Crippen molar-refractivity contribution in [3.05, 3.63) is 66.2 Å². The van der Waals surface area contributed by atoms with E-state index in [1.165, 1.54) is 12.1 Å². The van der Waals surface area contributed by atoms with Gasteiger partial charge in [0.25, 0.3) is 0 Å². The van der Waals surface area contributed by atoms with Gasteiger partial charge in [0.1, 0.15) is 6.10 Å². The lowest BCUT2D eigenvalue weighted by molar-refractivity contribution is -0.150. The number of hydrogen-bond acceptors (Lipinski definition) is 4. The zero-order valence-electron chi connectivity index (χ0n) is 14.0. The molecule has 1 aliphatic carbocycles. The Kier molecular flexibility index (Phi) is 5.53. The largest absolute Gasteiger partial charge is 0.461 e. The van der Waals surface area contributed by atoms with E-state index in [0.717, 1.165) is 32.1 Å². The quantitative estimate of drug-likeness (QED) is 0.756. The predicted octanol–water partition coefficient (Wildman–Crippen LogP) is 4.08. The number of sulfone groups is 1. The molecule has 0 aromatic heterocycles. The van der Waals surface area contributed by atoms with E-state index in [2.05, 4.69) is 0 Å². The van der Waals surface area contributed by atoms with Crippen LogP contribution in [0.4, 0.5) is 0 Å². The van der Waals surface area contributed by atoms with Crippen molar-refractivity contribution in [3.8, 4) is 0 Å². The Hall–Kier alpha value is -2.14. The zero-order chi connectivity index (χ0) is 17.7. The van der Waals surface area contributed by atoms with Gasteiger partial charge in [-0.15, -0.1) is 0 Å². The molecule has 25 heavy (non-hydrogen) atoms. The second-order valence-electron chi connectivity index (χ2n) is 6.35. The lowest BCUT2D eigenvalue weighted by Gasteiger charge is -2.25. The van der Waals surface area contributed by atoms with Crippen LogP contribution in [0.15, 0.2) is 65.6 Å². The molecule has 1 unspecified atom stereocenters. The number of carbonyl (C=O) groups excluding carboxylic acids is 1. The number of ether oxygens (including phenoxy) is 1. The first-order valence-electron chi connectivity index (χ1n) is 8.63. The van der Waals surface area contributed by atoms with Crippen molar-refractivity contribution in [2.75, 3.05) is 0 Å². The maximum atomic E-state index is 13.1. The van der Waals surface area contributed by atoms with Crippen molar-refractivity contribution in [1.29, 1.82) is 0 Å². The average molecular weight is 358 g/mol. The first kappa shape index (κ1) is 17.7. The summed E-state index contributed by atoms with van der Waals surface area (Å²) in [6, 6.07) is 16.7. The minimum absolute atomic E-state index is 0.129. The Morgan fingerprint density at radius 3 is 2.04 bits per heavy atom. The first-order chi connectivity index (χ1) is 12.1. The summed E-state index contributed by atoms with van der Waals surface area (Å²) in [4.78, 5) is 13.0. The van der Waals surface area contributed by atoms with E-state index in [0.29, 0.717) is 5.56 Å². The van der Waals surface area contributed by atoms with Gasteiger partial charge < -0.3 is 4.74 Å². The molecule has 0 bridgehead atoms. The van der Waals surface area contributed by atoms with Gasteiger partial charge in [-0.3, -0.25) is 4.79 Å². The van der Waals surface area contributed by atoms with E-state index in [1.54, 1.807) is 48.5 Å². The number of esters is 1. The van der Waals surface area contributed by atoms with Crippen LogP contribution in [0.2, 0.25) is 0 Å². The van der Waals surface area contributed by atoms with Gasteiger partial charge in [-0.1, -0.05) is 55.0 Å². The minimum Gasteiger partial charge on any atom is -0.461 e. The molecule has 1 saturated carbocycles. The Labute approximate surface area is 148 Å². The molecule has 1 aliphatic rings. The molecule has 0 aliphatic heterocycles. The molecule has 5 heteroatoms. The molecule has 132 valence electrons. The van der Waals surface area contributed by atoms with Gasteiger partial charge in [-0.2, -0.15) is 0 Å². The number of carbonyl (C=O) groups is 1. The third-order valence-corrected chi connectivity index (χ3v) is 6.55. The standard InChI is InChI=1S/C20H22O4S/c21-20(24-17-12-6-2-7-13-17)19(16-10-4-1-5-11-16)25(22,23)18-14-8-3-9-15-18/h1,3-5,8-11,14-15,17,19H,2,6-7,12-13H2. The van der Waals surface area contributed by atoms with Gasteiger partial charge in [0.2, 0.25) is 0 Å². The Balaban J connectivity index is 1.94. The highest BCUT2D eigenvalue weighted by Gasteiger charge is 2.38. The minimum atomic E-state index is -3.88. The third kappa shape index (κ3) is 4.10. The summed E-state index contributed by atoms with van der Waals surface area (Å²) in [5.74, 6) is -0.679. The van der Waals surface area contributed by atoms with Gasteiger partial charge >= 0.3 is 5.97 Å². The van der Waals surface area contributed by atoms with Crippen molar-refractivity contribution in [2.45, 2.75) is 48.4 Å². The van der Waals surface area contributed by atoms with E-state index < -0.39 is 21.1 Å².